The van der Waals surface area contributed by atoms with Crippen molar-refractivity contribution in [1.82, 2.24) is 9.38 Å². The van der Waals surface area contributed by atoms with Crippen LogP contribution in [-0.2, 0) is 24.4 Å². The SMILES string of the molecule is COCc1nc2ccccn2c1Cc1ccc2c(c1)COc1cc(F)ccc1/C2=C(/C)C#N. The summed E-state index contributed by atoms with van der Waals surface area (Å²) in [6.45, 7) is 2.50. The van der Waals surface area contributed by atoms with Gasteiger partial charge in [-0.2, -0.15) is 5.26 Å². The first kappa shape index (κ1) is 20.9. The summed E-state index contributed by atoms with van der Waals surface area (Å²) in [5, 5.41) is 9.65. The molecule has 0 amide bonds. The Morgan fingerprint density at radius 3 is 2.85 bits per heavy atom. The number of methoxy groups -OCH3 is 1. The van der Waals surface area contributed by atoms with E-state index in [9.17, 15) is 9.65 Å². The zero-order valence-electron chi connectivity index (χ0n) is 18.4. The predicted molar refractivity (Wildman–Crippen MR) is 123 cm³/mol. The molecule has 0 unspecified atom stereocenters. The van der Waals surface area contributed by atoms with Gasteiger partial charge in [-0.3, -0.25) is 0 Å². The summed E-state index contributed by atoms with van der Waals surface area (Å²) in [7, 11) is 1.67. The minimum absolute atomic E-state index is 0.292. The van der Waals surface area contributed by atoms with Crippen LogP contribution in [0.4, 0.5) is 4.39 Å². The Labute approximate surface area is 191 Å². The predicted octanol–water partition coefficient (Wildman–Crippen LogP) is 5.45. The Hall–Kier alpha value is -3.95. The van der Waals surface area contributed by atoms with E-state index in [2.05, 4.69) is 22.6 Å². The van der Waals surface area contributed by atoms with E-state index in [1.54, 1.807) is 20.1 Å². The zero-order chi connectivity index (χ0) is 22.9. The zero-order valence-corrected chi connectivity index (χ0v) is 18.4. The van der Waals surface area contributed by atoms with E-state index in [-0.39, 0.29) is 5.82 Å². The first-order valence-electron chi connectivity index (χ1n) is 10.7. The van der Waals surface area contributed by atoms with Gasteiger partial charge in [0.15, 0.2) is 0 Å². The molecule has 0 fully saturated rings. The van der Waals surface area contributed by atoms with Gasteiger partial charge in [0.25, 0.3) is 0 Å². The third kappa shape index (κ3) is 3.77. The molecule has 2 aromatic carbocycles. The van der Waals surface area contributed by atoms with Crippen molar-refractivity contribution >= 4 is 11.2 Å². The number of hydrogen-bond donors (Lipinski definition) is 0. The molecule has 0 saturated heterocycles. The van der Waals surface area contributed by atoms with E-state index >= 15 is 0 Å². The third-order valence-corrected chi connectivity index (χ3v) is 5.94. The summed E-state index contributed by atoms with van der Waals surface area (Å²) in [6.07, 6.45) is 2.67. The smallest absolute Gasteiger partial charge is 0.137 e. The van der Waals surface area contributed by atoms with Crippen LogP contribution in [0.15, 0.2) is 66.4 Å². The van der Waals surface area contributed by atoms with Gasteiger partial charge >= 0.3 is 0 Å². The number of fused-ring (bicyclic) bond motifs is 3. The summed E-state index contributed by atoms with van der Waals surface area (Å²) in [5.74, 6) is 0.0779. The van der Waals surface area contributed by atoms with Crippen LogP contribution in [0.2, 0.25) is 0 Å². The Morgan fingerprint density at radius 1 is 1.18 bits per heavy atom. The van der Waals surface area contributed by atoms with Gasteiger partial charge in [-0.1, -0.05) is 24.3 Å². The number of nitriles is 1. The van der Waals surface area contributed by atoms with Crippen molar-refractivity contribution in [3.8, 4) is 11.8 Å². The highest BCUT2D eigenvalue weighted by molar-refractivity contribution is 5.88. The number of benzene rings is 2. The van der Waals surface area contributed by atoms with Crippen LogP contribution in [0.5, 0.6) is 5.75 Å². The highest BCUT2D eigenvalue weighted by Gasteiger charge is 2.23. The van der Waals surface area contributed by atoms with Crippen LogP contribution < -0.4 is 4.74 Å². The molecule has 33 heavy (non-hydrogen) atoms. The first-order chi connectivity index (χ1) is 16.1. The maximum Gasteiger partial charge on any atom is 0.137 e. The summed E-state index contributed by atoms with van der Waals surface area (Å²) in [6, 6.07) is 18.8. The lowest BCUT2D eigenvalue weighted by Crippen LogP contribution is -2.02. The molecular weight excluding hydrogens is 417 g/mol. The molecule has 0 N–H and O–H groups in total. The lowest BCUT2D eigenvalue weighted by Gasteiger charge is -2.13. The standard InChI is InChI=1S/C27H22FN3O2/c1-17(14-29)27-21-8-6-18(11-19(21)15-33-25-13-20(28)7-9-22(25)27)12-24-23(16-32-2)30-26-5-3-4-10-31(24)26/h3-11,13H,12,15-16H2,1-2H3/b27-17-. The summed E-state index contributed by atoms with van der Waals surface area (Å²) in [4.78, 5) is 4.72. The van der Waals surface area contributed by atoms with Crippen LogP contribution >= 0.6 is 0 Å². The van der Waals surface area contributed by atoms with Gasteiger partial charge in [0, 0.05) is 42.5 Å². The van der Waals surface area contributed by atoms with Gasteiger partial charge in [-0.05, 0) is 47.9 Å². The maximum absolute atomic E-state index is 13.9. The molecule has 0 saturated carbocycles. The third-order valence-electron chi connectivity index (χ3n) is 5.94. The lowest BCUT2D eigenvalue weighted by atomic mass is 9.89. The number of rotatable bonds is 4. The minimum atomic E-state index is -0.368. The summed E-state index contributed by atoms with van der Waals surface area (Å²) >= 11 is 0. The number of ether oxygens (including phenoxy) is 2. The van der Waals surface area contributed by atoms with Gasteiger partial charge in [-0.15, -0.1) is 0 Å². The fraction of sp³-hybridized carbons (Fsp3) is 0.185. The first-order valence-corrected chi connectivity index (χ1v) is 10.7. The molecule has 1 aliphatic rings. The molecule has 1 aliphatic heterocycles. The molecule has 0 aliphatic carbocycles. The van der Waals surface area contributed by atoms with Crippen LogP contribution in [0.1, 0.15) is 40.6 Å². The molecule has 3 heterocycles. The van der Waals surface area contributed by atoms with Crippen LogP contribution in [-0.4, -0.2) is 16.5 Å². The Morgan fingerprint density at radius 2 is 2.03 bits per heavy atom. The molecule has 2 aromatic heterocycles. The number of imidazole rings is 1. The van der Waals surface area contributed by atoms with Crippen molar-refractivity contribution in [2.75, 3.05) is 7.11 Å². The fourth-order valence-corrected chi connectivity index (χ4v) is 4.43. The Balaban J connectivity index is 1.60. The molecule has 5 nitrogen and oxygen atoms in total. The largest absolute Gasteiger partial charge is 0.488 e. The van der Waals surface area contributed by atoms with Crippen LogP contribution in [0.25, 0.3) is 11.2 Å². The van der Waals surface area contributed by atoms with Crippen molar-refractivity contribution < 1.29 is 13.9 Å². The summed E-state index contributed by atoms with van der Waals surface area (Å²) in [5.41, 5.74) is 7.89. The number of nitrogens with zero attached hydrogens (tertiary/aromatic N) is 3. The molecule has 6 heteroatoms. The molecular formula is C27H22FN3O2. The highest BCUT2D eigenvalue weighted by Crippen LogP contribution is 2.39. The molecule has 0 spiro atoms. The average molecular weight is 439 g/mol. The van der Waals surface area contributed by atoms with Gasteiger partial charge < -0.3 is 13.9 Å². The quantitative estimate of drug-likeness (QED) is 0.397. The van der Waals surface area contributed by atoms with Gasteiger partial charge in [-0.25, -0.2) is 9.37 Å². The molecule has 5 rings (SSSR count). The monoisotopic (exact) mass is 439 g/mol. The topological polar surface area (TPSA) is 59.6 Å². The molecule has 4 aromatic rings. The Bertz CT molecular complexity index is 1450. The van der Waals surface area contributed by atoms with Crippen molar-refractivity contribution in [2.45, 2.75) is 26.6 Å². The van der Waals surface area contributed by atoms with E-state index < -0.39 is 0 Å². The summed E-state index contributed by atoms with van der Waals surface area (Å²) < 4.78 is 27.3. The van der Waals surface area contributed by atoms with Crippen molar-refractivity contribution in [3.05, 3.63) is 106 Å². The molecule has 0 radical (unpaired) electrons. The van der Waals surface area contributed by atoms with Gasteiger partial charge in [0.1, 0.15) is 23.8 Å². The average Bonchev–Trinajstić information content (AvgIpc) is 3.07. The second kappa shape index (κ2) is 8.53. The van der Waals surface area contributed by atoms with Crippen molar-refractivity contribution in [1.29, 1.82) is 5.26 Å². The number of allylic oxidation sites excluding steroid dienone is 1. The minimum Gasteiger partial charge on any atom is -0.488 e. The van der Waals surface area contributed by atoms with Crippen molar-refractivity contribution in [2.24, 2.45) is 0 Å². The maximum atomic E-state index is 13.9. The highest BCUT2D eigenvalue weighted by atomic mass is 19.1. The number of aromatic nitrogens is 2. The van der Waals surface area contributed by atoms with E-state index in [0.29, 0.717) is 31.0 Å². The van der Waals surface area contributed by atoms with E-state index in [4.69, 9.17) is 14.5 Å². The number of hydrogen-bond acceptors (Lipinski definition) is 4. The van der Waals surface area contributed by atoms with Crippen molar-refractivity contribution in [3.63, 3.8) is 0 Å². The van der Waals surface area contributed by atoms with E-state index in [1.165, 1.54) is 12.1 Å². The van der Waals surface area contributed by atoms with Gasteiger partial charge in [0.05, 0.1) is 24.1 Å². The lowest BCUT2D eigenvalue weighted by molar-refractivity contribution is 0.181. The van der Waals surface area contributed by atoms with E-state index in [1.807, 2.05) is 30.5 Å². The second-order valence-electron chi connectivity index (χ2n) is 8.08. The number of halogens is 1. The molecule has 0 atom stereocenters. The fourth-order valence-electron chi connectivity index (χ4n) is 4.43. The second-order valence-corrected chi connectivity index (χ2v) is 8.08. The van der Waals surface area contributed by atoms with Gasteiger partial charge in [0.2, 0.25) is 0 Å². The normalized spacial score (nSPS) is 14.1. The van der Waals surface area contributed by atoms with Crippen LogP contribution in [0.3, 0.4) is 0 Å². The van der Waals surface area contributed by atoms with Crippen LogP contribution in [0, 0.1) is 17.1 Å². The Kier molecular flexibility index (Phi) is 5.41. The van der Waals surface area contributed by atoms with E-state index in [0.717, 1.165) is 44.9 Å². The molecule has 0 bridgehead atoms. The number of pyridine rings is 1. The molecule has 164 valence electrons.